The Balaban J connectivity index is 2.29. The number of halogens is 1. The highest BCUT2D eigenvalue weighted by Crippen LogP contribution is 2.38. The van der Waals surface area contributed by atoms with Crippen molar-refractivity contribution in [2.75, 3.05) is 13.7 Å². The molecule has 9 heteroatoms. The smallest absolute Gasteiger partial charge is 0.405 e. The molecule has 8 nitrogen and oxygen atoms in total. The zero-order valence-electron chi connectivity index (χ0n) is 13.3. The molecule has 1 fully saturated rings. The van der Waals surface area contributed by atoms with Crippen LogP contribution in [-0.2, 0) is 15.1 Å². The molecule has 2 heterocycles. The second-order valence-corrected chi connectivity index (χ2v) is 6.67. The van der Waals surface area contributed by atoms with Gasteiger partial charge >= 0.3 is 6.09 Å². The molecule has 2 amide bonds. The Hall–Kier alpha value is -1.61. The molecular formula is C14H21BrN4O4. The second-order valence-electron chi connectivity index (χ2n) is 5.82. The molecule has 3 atom stereocenters. The Labute approximate surface area is 142 Å². The van der Waals surface area contributed by atoms with E-state index in [1.165, 1.54) is 7.11 Å². The Morgan fingerprint density at radius 2 is 2.30 bits per heavy atom. The quantitative estimate of drug-likeness (QED) is 0.710. The van der Waals surface area contributed by atoms with Gasteiger partial charge in [-0.1, -0.05) is 0 Å². The van der Waals surface area contributed by atoms with Crippen LogP contribution in [0.2, 0.25) is 0 Å². The van der Waals surface area contributed by atoms with E-state index in [9.17, 15) is 9.59 Å². The number of aromatic amines is 1. The molecule has 0 saturated carbocycles. The normalized spacial score (nSPS) is 23.6. The summed E-state index contributed by atoms with van der Waals surface area (Å²) < 4.78 is 5.90. The molecule has 0 unspecified atom stereocenters. The van der Waals surface area contributed by atoms with Gasteiger partial charge in [0.25, 0.3) is 0 Å². The van der Waals surface area contributed by atoms with E-state index in [0.29, 0.717) is 12.4 Å². The van der Waals surface area contributed by atoms with Crippen molar-refractivity contribution in [3.63, 3.8) is 0 Å². The van der Waals surface area contributed by atoms with E-state index in [2.05, 4.69) is 31.2 Å². The molecule has 0 aliphatic carbocycles. The fourth-order valence-corrected chi connectivity index (χ4v) is 3.24. The summed E-state index contributed by atoms with van der Waals surface area (Å²) in [6.45, 7) is 4.13. The summed E-state index contributed by atoms with van der Waals surface area (Å²) in [5.74, 6) is 0.364. The van der Waals surface area contributed by atoms with Gasteiger partial charge in [0.15, 0.2) is 0 Å². The van der Waals surface area contributed by atoms with Crippen LogP contribution in [0.15, 0.2) is 10.8 Å². The number of H-pyrrole nitrogens is 1. The van der Waals surface area contributed by atoms with E-state index < -0.39 is 23.8 Å². The van der Waals surface area contributed by atoms with Crippen LogP contribution in [0, 0.1) is 0 Å². The van der Waals surface area contributed by atoms with Crippen LogP contribution in [0.1, 0.15) is 32.5 Å². The standard InChI is InChI=1S/C14H21BrN4O4/c1-8(23-3)10(18-13(21)22)11(20)19-6-4-5-14(19,2)12-16-7-9(15)17-12/h7-8,10,18H,4-6H2,1-3H3,(H,16,17)(H,21,22)/t8-,10+,14+/m1/s1. The summed E-state index contributed by atoms with van der Waals surface area (Å²) in [7, 11) is 1.45. The van der Waals surface area contributed by atoms with Crippen LogP contribution in [0.3, 0.4) is 0 Å². The fraction of sp³-hybridized carbons (Fsp3) is 0.643. The number of hydrogen-bond acceptors (Lipinski definition) is 4. The van der Waals surface area contributed by atoms with Crippen LogP contribution in [0.4, 0.5) is 4.79 Å². The van der Waals surface area contributed by atoms with E-state index >= 15 is 0 Å². The van der Waals surface area contributed by atoms with E-state index in [4.69, 9.17) is 9.84 Å². The summed E-state index contributed by atoms with van der Waals surface area (Å²) in [4.78, 5) is 33.1. The third-order valence-corrected chi connectivity index (χ3v) is 4.75. The lowest BCUT2D eigenvalue weighted by Gasteiger charge is -2.37. The number of nitrogens with one attached hydrogen (secondary N) is 2. The average molecular weight is 389 g/mol. The van der Waals surface area contributed by atoms with Crippen LogP contribution in [0.5, 0.6) is 0 Å². The van der Waals surface area contributed by atoms with E-state index in [1.54, 1.807) is 18.0 Å². The first-order chi connectivity index (χ1) is 10.8. The van der Waals surface area contributed by atoms with Crippen LogP contribution in [0.25, 0.3) is 0 Å². The van der Waals surface area contributed by atoms with Gasteiger partial charge in [0.2, 0.25) is 5.91 Å². The summed E-state index contributed by atoms with van der Waals surface area (Å²) in [5, 5.41) is 11.3. The Morgan fingerprint density at radius 3 is 2.83 bits per heavy atom. The Kier molecular flexibility index (Phi) is 5.30. The molecule has 1 saturated heterocycles. The van der Waals surface area contributed by atoms with Crippen molar-refractivity contribution in [1.29, 1.82) is 0 Å². The van der Waals surface area contributed by atoms with Crippen LogP contribution in [-0.4, -0.2) is 57.8 Å². The number of carbonyl (C=O) groups is 2. The highest BCUT2D eigenvalue weighted by Gasteiger charge is 2.46. The van der Waals surface area contributed by atoms with Crippen molar-refractivity contribution in [3.05, 3.63) is 16.6 Å². The average Bonchev–Trinajstić information content (AvgIpc) is 3.10. The second kappa shape index (κ2) is 6.88. The van der Waals surface area contributed by atoms with Gasteiger partial charge in [0, 0.05) is 13.7 Å². The number of carbonyl (C=O) groups excluding carboxylic acids is 1. The minimum atomic E-state index is -1.26. The van der Waals surface area contributed by atoms with Crippen molar-refractivity contribution >= 4 is 27.9 Å². The third-order valence-electron chi connectivity index (χ3n) is 4.35. The maximum absolute atomic E-state index is 12.9. The lowest BCUT2D eigenvalue weighted by molar-refractivity contribution is -0.140. The number of carboxylic acid groups (broad SMARTS) is 1. The molecule has 1 aliphatic rings. The number of nitrogens with zero attached hydrogens (tertiary/aromatic N) is 2. The molecular weight excluding hydrogens is 368 g/mol. The summed E-state index contributed by atoms with van der Waals surface area (Å²) in [6, 6.07) is -0.965. The molecule has 3 N–H and O–H groups in total. The molecule has 23 heavy (non-hydrogen) atoms. The van der Waals surface area contributed by atoms with Crippen LogP contribution < -0.4 is 5.32 Å². The number of likely N-dealkylation sites (tertiary alicyclic amines) is 1. The SMILES string of the molecule is CO[C@H](C)[C@H](NC(=O)O)C(=O)N1CCC[C@@]1(C)c1ncc(Br)[nH]1. The number of aromatic nitrogens is 2. The molecule has 0 radical (unpaired) electrons. The van der Waals surface area contributed by atoms with Gasteiger partial charge in [-0.25, -0.2) is 9.78 Å². The maximum atomic E-state index is 12.9. The molecule has 0 aromatic carbocycles. The predicted octanol–water partition coefficient (Wildman–Crippen LogP) is 1.68. The first-order valence-corrected chi connectivity index (χ1v) is 8.13. The van der Waals surface area contributed by atoms with Crippen LogP contribution >= 0.6 is 15.9 Å². The first-order valence-electron chi connectivity index (χ1n) is 7.34. The maximum Gasteiger partial charge on any atom is 0.405 e. The van der Waals surface area contributed by atoms with Crippen molar-refractivity contribution in [2.24, 2.45) is 0 Å². The highest BCUT2D eigenvalue weighted by atomic mass is 79.9. The number of ether oxygens (including phenoxy) is 1. The van der Waals surface area contributed by atoms with Gasteiger partial charge < -0.3 is 25.0 Å². The first kappa shape index (κ1) is 17.7. The number of hydrogen-bond donors (Lipinski definition) is 3. The van der Waals surface area contributed by atoms with Crippen molar-refractivity contribution < 1.29 is 19.4 Å². The van der Waals surface area contributed by atoms with E-state index in [-0.39, 0.29) is 5.91 Å². The number of rotatable bonds is 5. The molecule has 2 rings (SSSR count). The van der Waals surface area contributed by atoms with E-state index in [1.807, 2.05) is 6.92 Å². The summed E-state index contributed by atoms with van der Waals surface area (Å²) >= 11 is 3.32. The molecule has 128 valence electrons. The van der Waals surface area contributed by atoms with Gasteiger partial charge in [0.05, 0.1) is 17.8 Å². The predicted molar refractivity (Wildman–Crippen MR) is 86.0 cm³/mol. The lowest BCUT2D eigenvalue weighted by Crippen LogP contribution is -2.57. The molecule has 1 aromatic rings. The highest BCUT2D eigenvalue weighted by molar-refractivity contribution is 9.10. The molecule has 1 aliphatic heterocycles. The summed E-state index contributed by atoms with van der Waals surface area (Å²) in [6.07, 6.45) is 1.38. The molecule has 0 spiro atoms. The van der Waals surface area contributed by atoms with Gasteiger partial charge in [-0.3, -0.25) is 4.79 Å². The fourth-order valence-electron chi connectivity index (χ4n) is 2.95. The van der Waals surface area contributed by atoms with Crippen molar-refractivity contribution in [1.82, 2.24) is 20.2 Å². The minimum absolute atomic E-state index is 0.311. The zero-order chi connectivity index (χ0) is 17.2. The van der Waals surface area contributed by atoms with Gasteiger partial charge in [-0.15, -0.1) is 0 Å². The van der Waals surface area contributed by atoms with Gasteiger partial charge in [-0.2, -0.15) is 0 Å². The summed E-state index contributed by atoms with van der Waals surface area (Å²) in [5.41, 5.74) is -0.602. The van der Waals surface area contributed by atoms with Gasteiger partial charge in [-0.05, 0) is 42.6 Å². The van der Waals surface area contributed by atoms with E-state index in [0.717, 1.165) is 17.4 Å². The monoisotopic (exact) mass is 388 g/mol. The molecule has 0 bridgehead atoms. The topological polar surface area (TPSA) is 108 Å². The molecule has 1 aromatic heterocycles. The number of methoxy groups -OCH3 is 1. The largest absolute Gasteiger partial charge is 0.465 e. The Bertz CT molecular complexity index is 593. The van der Waals surface area contributed by atoms with Crippen molar-refractivity contribution in [3.8, 4) is 0 Å². The van der Waals surface area contributed by atoms with Crippen molar-refractivity contribution in [2.45, 2.75) is 44.4 Å². The number of imidazole rings is 1. The third kappa shape index (κ3) is 3.50. The lowest BCUT2D eigenvalue weighted by atomic mass is 9.96. The Morgan fingerprint density at radius 1 is 1.61 bits per heavy atom. The zero-order valence-corrected chi connectivity index (χ0v) is 14.9. The minimum Gasteiger partial charge on any atom is -0.465 e. The van der Waals surface area contributed by atoms with Gasteiger partial charge in [0.1, 0.15) is 16.5 Å². The number of amides is 2.